The summed E-state index contributed by atoms with van der Waals surface area (Å²) in [6.45, 7) is 2.20. The summed E-state index contributed by atoms with van der Waals surface area (Å²) in [4.78, 5) is 15.7. The van der Waals surface area contributed by atoms with Crippen molar-refractivity contribution in [1.29, 1.82) is 0 Å². The van der Waals surface area contributed by atoms with Gasteiger partial charge in [0.25, 0.3) is 0 Å². The zero-order valence-electron chi connectivity index (χ0n) is 10.1. The van der Waals surface area contributed by atoms with Crippen LogP contribution in [0.2, 0.25) is 0 Å². The Labute approximate surface area is 105 Å². The number of benzene rings is 2. The molecule has 0 spiro atoms. The van der Waals surface area contributed by atoms with E-state index in [9.17, 15) is 4.79 Å². The number of nitrogens with zero attached hydrogens (tertiary/aromatic N) is 1. The zero-order valence-corrected chi connectivity index (χ0v) is 10.1. The highest BCUT2D eigenvalue weighted by atomic mass is 16.5. The van der Waals surface area contributed by atoms with Crippen molar-refractivity contribution in [3.8, 4) is 0 Å². The lowest BCUT2D eigenvalue weighted by molar-refractivity contribution is -0.142. The number of carbonyl (C=O) groups excluding carboxylic acids is 1. The number of rotatable bonds is 3. The molecule has 18 heavy (non-hydrogen) atoms. The first-order valence-corrected chi connectivity index (χ1v) is 6.03. The van der Waals surface area contributed by atoms with Gasteiger partial charge in [-0.1, -0.05) is 36.4 Å². The van der Waals surface area contributed by atoms with E-state index in [1.54, 1.807) is 6.92 Å². The Balaban J connectivity index is 1.84. The molecular formula is C15H13NO2. The van der Waals surface area contributed by atoms with E-state index < -0.39 is 0 Å². The van der Waals surface area contributed by atoms with Gasteiger partial charge in [0, 0.05) is 0 Å². The maximum Gasteiger partial charge on any atom is 0.337 e. The van der Waals surface area contributed by atoms with Gasteiger partial charge in [-0.25, -0.2) is 4.79 Å². The summed E-state index contributed by atoms with van der Waals surface area (Å²) in [5.41, 5.74) is 1.84. The van der Waals surface area contributed by atoms with Gasteiger partial charge >= 0.3 is 5.97 Å². The fourth-order valence-corrected chi connectivity index (χ4v) is 2.07. The Morgan fingerprint density at radius 3 is 2.78 bits per heavy atom. The fraction of sp³-hybridized carbons (Fsp3) is 0.200. The molecular weight excluding hydrogens is 226 g/mol. The summed E-state index contributed by atoms with van der Waals surface area (Å²) in [6.07, 6.45) is 0. The predicted molar refractivity (Wildman–Crippen MR) is 70.9 cm³/mol. The second-order valence-electron chi connectivity index (χ2n) is 4.23. The Morgan fingerprint density at radius 1 is 1.22 bits per heavy atom. The molecule has 0 aliphatic carbocycles. The quantitative estimate of drug-likeness (QED) is 0.772. The minimum Gasteiger partial charge on any atom is -0.464 e. The summed E-state index contributed by atoms with van der Waals surface area (Å²) in [5, 5.41) is 2.35. The lowest BCUT2D eigenvalue weighted by atomic mass is 10.0. The first-order valence-electron chi connectivity index (χ1n) is 6.03. The minimum atomic E-state index is -0.383. The van der Waals surface area contributed by atoms with Crippen molar-refractivity contribution in [2.24, 2.45) is 4.99 Å². The Morgan fingerprint density at radius 2 is 2.00 bits per heavy atom. The van der Waals surface area contributed by atoms with Crippen LogP contribution in [0.3, 0.4) is 0 Å². The molecule has 3 rings (SSSR count). The zero-order chi connectivity index (χ0) is 12.5. The molecule has 2 aromatic carbocycles. The highest BCUT2D eigenvalue weighted by molar-refractivity contribution is 6.25. The molecule has 1 aliphatic heterocycles. The van der Waals surface area contributed by atoms with Gasteiger partial charge in [-0.2, -0.15) is 0 Å². The molecule has 0 aromatic heterocycles. The van der Waals surface area contributed by atoms with Crippen molar-refractivity contribution in [1.82, 2.24) is 0 Å². The molecule has 1 aliphatic rings. The van der Waals surface area contributed by atoms with E-state index in [1.807, 2.05) is 24.3 Å². The topological polar surface area (TPSA) is 38.7 Å². The third-order valence-corrected chi connectivity index (χ3v) is 3.01. The van der Waals surface area contributed by atoms with Crippen molar-refractivity contribution in [2.45, 2.75) is 13.0 Å². The first kappa shape index (κ1) is 11.0. The highest BCUT2D eigenvalue weighted by Gasteiger charge is 2.37. The van der Waals surface area contributed by atoms with Crippen molar-refractivity contribution in [2.75, 3.05) is 6.61 Å². The van der Waals surface area contributed by atoms with Crippen molar-refractivity contribution in [3.63, 3.8) is 0 Å². The molecule has 1 unspecified atom stereocenters. The summed E-state index contributed by atoms with van der Waals surface area (Å²) < 4.78 is 4.95. The molecule has 0 N–H and O–H groups in total. The van der Waals surface area contributed by atoms with Crippen LogP contribution in [0.1, 0.15) is 12.5 Å². The van der Waals surface area contributed by atoms with Crippen LogP contribution in [-0.2, 0) is 9.53 Å². The van der Waals surface area contributed by atoms with Crippen molar-refractivity contribution in [3.05, 3.63) is 48.0 Å². The molecule has 0 radical (unpaired) electrons. The van der Waals surface area contributed by atoms with Crippen LogP contribution in [0.25, 0.3) is 10.8 Å². The predicted octanol–water partition coefficient (Wildman–Crippen LogP) is 2.57. The molecule has 0 saturated heterocycles. The number of aliphatic imine (C=N–C) groups is 1. The second kappa shape index (κ2) is 4.26. The number of fused-ring (bicyclic) bond motifs is 1. The van der Waals surface area contributed by atoms with E-state index in [0.29, 0.717) is 6.61 Å². The van der Waals surface area contributed by atoms with E-state index in [1.165, 1.54) is 5.39 Å². The van der Waals surface area contributed by atoms with Crippen molar-refractivity contribution >= 4 is 22.5 Å². The van der Waals surface area contributed by atoms with E-state index in [0.717, 1.165) is 16.7 Å². The highest BCUT2D eigenvalue weighted by Crippen LogP contribution is 2.24. The van der Waals surface area contributed by atoms with Crippen molar-refractivity contribution < 1.29 is 9.53 Å². The van der Waals surface area contributed by atoms with Crippen LogP contribution in [-0.4, -0.2) is 24.3 Å². The maximum atomic E-state index is 11.5. The molecule has 0 amide bonds. The molecule has 3 nitrogen and oxygen atoms in total. The van der Waals surface area contributed by atoms with Crippen LogP contribution in [0.15, 0.2) is 47.5 Å². The summed E-state index contributed by atoms with van der Waals surface area (Å²) in [5.74, 6) is -0.249. The van der Waals surface area contributed by atoms with Gasteiger partial charge in [0.1, 0.15) is 0 Å². The minimum absolute atomic E-state index is 0.249. The first-order chi connectivity index (χ1) is 8.79. The van der Waals surface area contributed by atoms with Gasteiger partial charge in [-0.15, -0.1) is 0 Å². The normalized spacial score (nSPS) is 17.4. The Bertz CT molecular complexity index is 646. The second-order valence-corrected chi connectivity index (χ2v) is 4.23. The van der Waals surface area contributed by atoms with Crippen LogP contribution < -0.4 is 0 Å². The molecule has 1 heterocycles. The maximum absolute atomic E-state index is 11.5. The summed E-state index contributed by atoms with van der Waals surface area (Å²) in [6, 6.07) is 13.9. The van der Waals surface area contributed by atoms with Gasteiger partial charge < -0.3 is 4.74 Å². The average Bonchev–Trinajstić information content (AvgIpc) is 3.19. The number of esters is 1. The molecule has 2 aromatic rings. The Kier molecular flexibility index (Phi) is 2.59. The monoisotopic (exact) mass is 239 g/mol. The Hall–Kier alpha value is -2.16. The summed E-state index contributed by atoms with van der Waals surface area (Å²) >= 11 is 0. The number of ether oxygens (including phenoxy) is 1. The van der Waals surface area contributed by atoms with Gasteiger partial charge in [0.2, 0.25) is 0 Å². The van der Waals surface area contributed by atoms with E-state index in [4.69, 9.17) is 4.74 Å². The van der Waals surface area contributed by atoms with E-state index in [-0.39, 0.29) is 12.0 Å². The van der Waals surface area contributed by atoms with E-state index in [2.05, 4.69) is 23.2 Å². The lowest BCUT2D eigenvalue weighted by Crippen LogP contribution is -2.16. The molecule has 0 bridgehead atoms. The SMILES string of the molecule is CCOC(=O)C1N=C1c1ccc2ccccc2c1. The molecule has 0 fully saturated rings. The number of carbonyl (C=O) groups is 1. The standard InChI is InChI=1S/C15H13NO2/c1-2-18-15(17)14-13(16-14)12-8-7-10-5-3-4-6-11(10)9-12/h3-9,14H,2H2,1H3. The van der Waals surface area contributed by atoms with Crippen LogP contribution in [0.4, 0.5) is 0 Å². The average molecular weight is 239 g/mol. The lowest BCUT2D eigenvalue weighted by Gasteiger charge is -2.01. The van der Waals surface area contributed by atoms with Gasteiger partial charge in [0.15, 0.2) is 6.04 Å². The van der Waals surface area contributed by atoms with E-state index >= 15 is 0 Å². The van der Waals surface area contributed by atoms with Crippen LogP contribution in [0.5, 0.6) is 0 Å². The van der Waals surface area contributed by atoms with Gasteiger partial charge in [-0.05, 0) is 29.3 Å². The summed E-state index contributed by atoms with van der Waals surface area (Å²) in [7, 11) is 0. The fourth-order valence-electron chi connectivity index (χ4n) is 2.07. The molecule has 3 heteroatoms. The smallest absolute Gasteiger partial charge is 0.337 e. The third kappa shape index (κ3) is 1.88. The van der Waals surface area contributed by atoms with Crippen LogP contribution in [0, 0.1) is 0 Å². The number of hydrogen-bond donors (Lipinski definition) is 0. The molecule has 1 atom stereocenters. The molecule has 0 saturated carbocycles. The molecule has 90 valence electrons. The third-order valence-electron chi connectivity index (χ3n) is 3.01. The van der Waals surface area contributed by atoms with Gasteiger partial charge in [0.05, 0.1) is 12.3 Å². The van der Waals surface area contributed by atoms with Crippen LogP contribution >= 0.6 is 0 Å². The number of hydrogen-bond acceptors (Lipinski definition) is 3. The largest absolute Gasteiger partial charge is 0.464 e. The van der Waals surface area contributed by atoms with Gasteiger partial charge in [-0.3, -0.25) is 4.99 Å².